The van der Waals surface area contributed by atoms with Gasteiger partial charge in [0.25, 0.3) is 0 Å². The Balaban J connectivity index is 2.54. The first-order chi connectivity index (χ1) is 8.33. The van der Waals surface area contributed by atoms with Crippen molar-refractivity contribution in [2.24, 2.45) is 0 Å². The zero-order valence-electron chi connectivity index (χ0n) is 11.8. The third kappa shape index (κ3) is 4.62. The van der Waals surface area contributed by atoms with Crippen molar-refractivity contribution in [3.8, 4) is 0 Å². The topological polar surface area (TPSA) is 53.3 Å². The third-order valence-electron chi connectivity index (χ3n) is 2.51. The number of nitrogens with zero attached hydrogens (tertiary/aromatic N) is 2. The molecule has 1 aromatic heterocycles. The molecule has 0 atom stereocenters. The van der Waals surface area contributed by atoms with Crippen LogP contribution >= 0.6 is 0 Å². The van der Waals surface area contributed by atoms with Gasteiger partial charge in [0.1, 0.15) is 12.4 Å². The molecule has 0 fully saturated rings. The Labute approximate surface area is 109 Å². The summed E-state index contributed by atoms with van der Waals surface area (Å²) in [6.07, 6.45) is 0. The number of carbonyl (C=O) groups is 1. The standard InChI is InChI=1S/C12H22N2O3Si/c1-10-8-11(12(15)16-2)14(13-10)9-17-6-7-18(3,4)5/h8H,6-7,9H2,1-5H3. The van der Waals surface area contributed by atoms with Crippen molar-refractivity contribution in [2.45, 2.75) is 39.3 Å². The Morgan fingerprint density at radius 1 is 1.44 bits per heavy atom. The van der Waals surface area contributed by atoms with Gasteiger partial charge in [-0.25, -0.2) is 9.48 Å². The van der Waals surface area contributed by atoms with E-state index in [9.17, 15) is 4.79 Å². The van der Waals surface area contributed by atoms with E-state index in [0.29, 0.717) is 19.0 Å². The SMILES string of the molecule is COC(=O)c1cc(C)nn1COCC[Si](C)(C)C. The number of methoxy groups -OCH3 is 1. The van der Waals surface area contributed by atoms with E-state index in [1.165, 1.54) is 7.11 Å². The van der Waals surface area contributed by atoms with Gasteiger partial charge in [0.2, 0.25) is 0 Å². The molecule has 1 aromatic rings. The van der Waals surface area contributed by atoms with Crippen LogP contribution in [0, 0.1) is 6.92 Å². The lowest BCUT2D eigenvalue weighted by molar-refractivity contribution is 0.0517. The highest BCUT2D eigenvalue weighted by Gasteiger charge is 2.15. The molecule has 0 saturated carbocycles. The van der Waals surface area contributed by atoms with Crippen molar-refractivity contribution in [1.82, 2.24) is 9.78 Å². The molecular formula is C12H22N2O3Si. The maximum Gasteiger partial charge on any atom is 0.356 e. The van der Waals surface area contributed by atoms with Crippen LogP contribution in [0.5, 0.6) is 0 Å². The van der Waals surface area contributed by atoms with Gasteiger partial charge in [-0.15, -0.1) is 0 Å². The second kappa shape index (κ2) is 6.15. The Morgan fingerprint density at radius 2 is 2.11 bits per heavy atom. The summed E-state index contributed by atoms with van der Waals surface area (Å²) in [5, 5.41) is 4.22. The average Bonchev–Trinajstić information content (AvgIpc) is 2.63. The van der Waals surface area contributed by atoms with E-state index in [1.54, 1.807) is 10.7 Å². The van der Waals surface area contributed by atoms with Crippen molar-refractivity contribution in [3.63, 3.8) is 0 Å². The minimum Gasteiger partial charge on any atom is -0.464 e. The third-order valence-corrected chi connectivity index (χ3v) is 4.21. The number of rotatable bonds is 6. The minimum atomic E-state index is -1.08. The number of esters is 1. The first-order valence-corrected chi connectivity index (χ1v) is 9.75. The second-order valence-corrected chi connectivity index (χ2v) is 11.1. The van der Waals surface area contributed by atoms with Gasteiger partial charge in [-0.3, -0.25) is 0 Å². The zero-order chi connectivity index (χ0) is 13.8. The molecule has 1 rings (SSSR count). The smallest absolute Gasteiger partial charge is 0.356 e. The number of ether oxygens (including phenoxy) is 2. The molecule has 0 aliphatic rings. The van der Waals surface area contributed by atoms with Crippen LogP contribution in [0.1, 0.15) is 16.2 Å². The van der Waals surface area contributed by atoms with E-state index in [2.05, 4.69) is 24.7 Å². The van der Waals surface area contributed by atoms with Gasteiger partial charge in [0, 0.05) is 14.7 Å². The molecule has 5 nitrogen and oxygen atoms in total. The van der Waals surface area contributed by atoms with Crippen LogP contribution in [0.15, 0.2) is 6.07 Å². The van der Waals surface area contributed by atoms with Crippen LogP contribution in [-0.4, -0.2) is 37.5 Å². The summed E-state index contributed by atoms with van der Waals surface area (Å²) in [6, 6.07) is 2.80. The molecule has 0 unspecified atom stereocenters. The van der Waals surface area contributed by atoms with Crippen molar-refractivity contribution in [1.29, 1.82) is 0 Å². The summed E-state index contributed by atoms with van der Waals surface area (Å²) in [5.41, 5.74) is 1.21. The zero-order valence-corrected chi connectivity index (χ0v) is 12.8. The predicted molar refractivity (Wildman–Crippen MR) is 72.4 cm³/mol. The normalized spacial score (nSPS) is 11.6. The largest absolute Gasteiger partial charge is 0.464 e. The second-order valence-electron chi connectivity index (χ2n) is 5.51. The van der Waals surface area contributed by atoms with E-state index in [1.807, 2.05) is 6.92 Å². The van der Waals surface area contributed by atoms with E-state index >= 15 is 0 Å². The van der Waals surface area contributed by atoms with Gasteiger partial charge in [-0.05, 0) is 19.0 Å². The van der Waals surface area contributed by atoms with Crippen LogP contribution in [0.4, 0.5) is 0 Å². The number of aromatic nitrogens is 2. The van der Waals surface area contributed by atoms with Crippen molar-refractivity contribution < 1.29 is 14.3 Å². The van der Waals surface area contributed by atoms with Gasteiger partial charge < -0.3 is 9.47 Å². The fourth-order valence-electron chi connectivity index (χ4n) is 1.44. The summed E-state index contributed by atoms with van der Waals surface area (Å²) >= 11 is 0. The number of hydrogen-bond donors (Lipinski definition) is 0. The molecule has 0 radical (unpaired) electrons. The fraction of sp³-hybridized carbons (Fsp3) is 0.667. The van der Waals surface area contributed by atoms with Gasteiger partial charge >= 0.3 is 5.97 Å². The molecule has 102 valence electrons. The molecule has 0 saturated heterocycles. The molecular weight excluding hydrogens is 248 g/mol. The van der Waals surface area contributed by atoms with E-state index in [-0.39, 0.29) is 5.97 Å². The first-order valence-electron chi connectivity index (χ1n) is 6.04. The van der Waals surface area contributed by atoms with E-state index in [0.717, 1.165) is 11.7 Å². The molecule has 0 aliphatic heterocycles. The fourth-order valence-corrected chi connectivity index (χ4v) is 2.20. The summed E-state index contributed by atoms with van der Waals surface area (Å²) in [6.45, 7) is 9.74. The molecule has 0 aromatic carbocycles. The summed E-state index contributed by atoms with van der Waals surface area (Å²) in [4.78, 5) is 11.5. The van der Waals surface area contributed by atoms with Crippen molar-refractivity contribution in [2.75, 3.05) is 13.7 Å². The van der Waals surface area contributed by atoms with Gasteiger partial charge in [-0.2, -0.15) is 5.10 Å². The predicted octanol–water partition coefficient (Wildman–Crippen LogP) is 2.29. The highest BCUT2D eigenvalue weighted by molar-refractivity contribution is 6.76. The van der Waals surface area contributed by atoms with Crippen LogP contribution in [0.25, 0.3) is 0 Å². The monoisotopic (exact) mass is 270 g/mol. The molecule has 0 spiro atoms. The van der Waals surface area contributed by atoms with Crippen LogP contribution < -0.4 is 0 Å². The molecule has 0 amide bonds. The Hall–Kier alpha value is -1.14. The maximum atomic E-state index is 11.5. The minimum absolute atomic E-state index is 0.294. The lowest BCUT2D eigenvalue weighted by Gasteiger charge is -2.15. The molecule has 1 heterocycles. The highest BCUT2D eigenvalue weighted by Crippen LogP contribution is 2.09. The van der Waals surface area contributed by atoms with Gasteiger partial charge in [-0.1, -0.05) is 19.6 Å². The van der Waals surface area contributed by atoms with Crippen molar-refractivity contribution >= 4 is 14.0 Å². The quantitative estimate of drug-likeness (QED) is 0.452. The van der Waals surface area contributed by atoms with Crippen LogP contribution in [-0.2, 0) is 16.2 Å². The Kier molecular flexibility index (Phi) is 5.10. The van der Waals surface area contributed by atoms with Crippen LogP contribution in [0.3, 0.4) is 0 Å². The summed E-state index contributed by atoms with van der Waals surface area (Å²) in [7, 11) is 0.283. The average molecular weight is 270 g/mol. The molecule has 18 heavy (non-hydrogen) atoms. The Morgan fingerprint density at radius 3 is 2.67 bits per heavy atom. The lowest BCUT2D eigenvalue weighted by atomic mass is 10.4. The van der Waals surface area contributed by atoms with Gasteiger partial charge in [0.05, 0.1) is 12.8 Å². The maximum absolute atomic E-state index is 11.5. The Bertz CT molecular complexity index is 410. The van der Waals surface area contributed by atoms with E-state index < -0.39 is 8.07 Å². The summed E-state index contributed by atoms with van der Waals surface area (Å²) in [5.74, 6) is -0.385. The molecule has 6 heteroatoms. The van der Waals surface area contributed by atoms with Crippen LogP contribution in [0.2, 0.25) is 25.7 Å². The van der Waals surface area contributed by atoms with Gasteiger partial charge in [0.15, 0.2) is 0 Å². The van der Waals surface area contributed by atoms with E-state index in [4.69, 9.17) is 9.47 Å². The number of hydrogen-bond acceptors (Lipinski definition) is 4. The molecule has 0 aliphatic carbocycles. The van der Waals surface area contributed by atoms with Crippen molar-refractivity contribution in [3.05, 3.63) is 17.5 Å². The number of carbonyl (C=O) groups excluding carboxylic acids is 1. The summed E-state index contributed by atoms with van der Waals surface area (Å²) < 4.78 is 11.8. The molecule has 0 bridgehead atoms. The highest BCUT2D eigenvalue weighted by atomic mass is 28.3. The first kappa shape index (κ1) is 14.9. The number of aryl methyl sites for hydroxylation is 1. The lowest BCUT2D eigenvalue weighted by Crippen LogP contribution is -2.22. The molecule has 0 N–H and O–H groups in total.